The summed E-state index contributed by atoms with van der Waals surface area (Å²) in [7, 11) is 0. The van der Waals surface area contributed by atoms with Crippen LogP contribution in [0.1, 0.15) is 5.56 Å². The van der Waals surface area contributed by atoms with Gasteiger partial charge in [-0.15, -0.1) is 0 Å². The fourth-order valence-corrected chi connectivity index (χ4v) is 2.08. The molecule has 2 rings (SSSR count). The number of carbonyl (C=O) groups excluding carboxylic acids is 1. The van der Waals surface area contributed by atoms with Crippen LogP contribution in [0.3, 0.4) is 0 Å². The van der Waals surface area contributed by atoms with Gasteiger partial charge in [0.25, 0.3) is 0 Å². The van der Waals surface area contributed by atoms with E-state index in [0.717, 1.165) is 6.07 Å². The van der Waals surface area contributed by atoms with Gasteiger partial charge in [0.1, 0.15) is 16.9 Å². The Balaban J connectivity index is 2.12. The van der Waals surface area contributed by atoms with E-state index in [1.165, 1.54) is 17.0 Å². The van der Waals surface area contributed by atoms with Crippen LogP contribution in [0.4, 0.5) is 19.7 Å². The molecule has 1 heterocycles. The molecule has 1 aliphatic heterocycles. The predicted molar refractivity (Wildman–Crippen MR) is 75.9 cm³/mol. The van der Waals surface area contributed by atoms with Crippen molar-refractivity contribution >= 4 is 35.1 Å². The van der Waals surface area contributed by atoms with E-state index in [9.17, 15) is 14.0 Å². The van der Waals surface area contributed by atoms with Crippen molar-refractivity contribution in [1.82, 2.24) is 5.32 Å². The summed E-state index contributed by atoms with van der Waals surface area (Å²) in [4.78, 5) is 23.2. The number of ether oxygens (including phenoxy) is 1. The Labute approximate surface area is 124 Å². The van der Waals surface area contributed by atoms with Gasteiger partial charge < -0.3 is 20.9 Å². The van der Waals surface area contributed by atoms with Crippen molar-refractivity contribution in [2.75, 3.05) is 18.0 Å². The first kappa shape index (κ1) is 15.0. The van der Waals surface area contributed by atoms with E-state index in [4.69, 9.17) is 27.8 Å². The van der Waals surface area contributed by atoms with E-state index in [-0.39, 0.29) is 29.3 Å². The molecular formula is C12H12FN3O4S. The van der Waals surface area contributed by atoms with Crippen molar-refractivity contribution in [1.29, 1.82) is 0 Å². The molecule has 0 unspecified atom stereocenters. The normalized spacial score (nSPS) is 17.5. The fraction of sp³-hybridized carbons (Fsp3) is 0.250. The number of rotatable bonds is 4. The molecule has 4 N–H and O–H groups in total. The van der Waals surface area contributed by atoms with Crippen molar-refractivity contribution in [2.24, 2.45) is 5.73 Å². The van der Waals surface area contributed by atoms with Crippen molar-refractivity contribution in [3.63, 3.8) is 0 Å². The highest BCUT2D eigenvalue weighted by atomic mass is 32.1. The summed E-state index contributed by atoms with van der Waals surface area (Å²) in [5.74, 6) is -0.639. The van der Waals surface area contributed by atoms with E-state index in [1.54, 1.807) is 0 Å². The van der Waals surface area contributed by atoms with E-state index in [1.807, 2.05) is 0 Å². The number of hydrogen-bond donors (Lipinski definition) is 3. The van der Waals surface area contributed by atoms with Gasteiger partial charge in [-0.1, -0.05) is 12.2 Å². The first-order valence-corrected chi connectivity index (χ1v) is 6.33. The van der Waals surface area contributed by atoms with Crippen LogP contribution in [-0.2, 0) is 4.74 Å². The summed E-state index contributed by atoms with van der Waals surface area (Å²) >= 11 is 4.70. The van der Waals surface area contributed by atoms with E-state index in [2.05, 4.69) is 5.32 Å². The maximum absolute atomic E-state index is 13.8. The fourth-order valence-electron chi connectivity index (χ4n) is 1.91. The third kappa shape index (κ3) is 3.37. The molecule has 0 radical (unpaired) electrons. The Morgan fingerprint density at radius 1 is 1.62 bits per heavy atom. The lowest BCUT2D eigenvalue weighted by Gasteiger charge is -2.14. The molecule has 2 amide bonds. The van der Waals surface area contributed by atoms with Crippen LogP contribution in [0.25, 0.3) is 0 Å². The van der Waals surface area contributed by atoms with Crippen LogP contribution in [0.5, 0.6) is 0 Å². The van der Waals surface area contributed by atoms with Crippen LogP contribution in [0, 0.1) is 5.82 Å². The number of nitrogens with one attached hydrogen (secondary N) is 1. The first-order valence-electron chi connectivity index (χ1n) is 5.92. The number of nitrogens with two attached hydrogens (primary N) is 1. The van der Waals surface area contributed by atoms with Crippen LogP contribution >= 0.6 is 12.2 Å². The lowest BCUT2D eigenvalue weighted by molar-refractivity contribution is 0.136. The number of anilines is 1. The number of nitrogens with zero attached hydrogens (tertiary/aromatic N) is 1. The smallest absolute Gasteiger partial charge is 0.414 e. The second kappa shape index (κ2) is 5.92. The Morgan fingerprint density at radius 2 is 2.33 bits per heavy atom. The highest BCUT2D eigenvalue weighted by molar-refractivity contribution is 7.80. The molecule has 0 aliphatic carbocycles. The number of amides is 2. The minimum absolute atomic E-state index is 0.0367. The van der Waals surface area contributed by atoms with Crippen molar-refractivity contribution in [3.05, 3.63) is 29.6 Å². The number of carboxylic acid groups (broad SMARTS) is 1. The Kier molecular flexibility index (Phi) is 4.22. The van der Waals surface area contributed by atoms with Gasteiger partial charge in [0.05, 0.1) is 18.8 Å². The number of hydrogen-bond acceptors (Lipinski definition) is 4. The Morgan fingerprint density at radius 3 is 2.90 bits per heavy atom. The van der Waals surface area contributed by atoms with Gasteiger partial charge in [0.15, 0.2) is 0 Å². The average Bonchev–Trinajstić information content (AvgIpc) is 2.77. The third-order valence-corrected chi connectivity index (χ3v) is 3.10. The number of thiocarbonyl (C=S) groups is 1. The quantitative estimate of drug-likeness (QED) is 0.718. The van der Waals surface area contributed by atoms with Crippen molar-refractivity contribution in [3.8, 4) is 0 Å². The number of cyclic esters (lactones) is 1. The number of benzene rings is 1. The second-order valence-electron chi connectivity index (χ2n) is 4.33. The molecule has 112 valence electrons. The summed E-state index contributed by atoms with van der Waals surface area (Å²) in [5.41, 5.74) is 5.73. The van der Waals surface area contributed by atoms with Gasteiger partial charge in [-0.05, 0) is 18.2 Å². The molecule has 9 heteroatoms. The standard InChI is InChI=1S/C12H12FN3O4S/c13-9-3-6(1-2-8(9)10(14)21)16-5-7(20-12(16)19)4-15-11(17)18/h1-3,7,15H,4-5H2,(H2,14,21)(H,17,18)/t7-/m0/s1. The maximum Gasteiger partial charge on any atom is 0.414 e. The lowest BCUT2D eigenvalue weighted by Crippen LogP contribution is -2.33. The second-order valence-corrected chi connectivity index (χ2v) is 4.77. The summed E-state index contributed by atoms with van der Waals surface area (Å²) in [6, 6.07) is 4.00. The monoisotopic (exact) mass is 313 g/mol. The summed E-state index contributed by atoms with van der Waals surface area (Å²) in [6.45, 7) is 0.0794. The SMILES string of the molecule is NC(=S)c1ccc(N2C[C@H](CNC(=O)O)OC2=O)cc1F. The molecule has 0 saturated carbocycles. The predicted octanol–water partition coefficient (Wildman–Crippen LogP) is 1.05. The lowest BCUT2D eigenvalue weighted by atomic mass is 10.2. The number of carbonyl (C=O) groups is 2. The molecule has 1 atom stereocenters. The maximum atomic E-state index is 13.8. The molecule has 1 aromatic carbocycles. The van der Waals surface area contributed by atoms with Crippen molar-refractivity contribution < 1.29 is 23.8 Å². The van der Waals surface area contributed by atoms with Gasteiger partial charge in [-0.25, -0.2) is 14.0 Å². The van der Waals surface area contributed by atoms with Crippen molar-refractivity contribution in [2.45, 2.75) is 6.10 Å². The first-order chi connectivity index (χ1) is 9.88. The highest BCUT2D eigenvalue weighted by Crippen LogP contribution is 2.23. The van der Waals surface area contributed by atoms with E-state index < -0.39 is 24.1 Å². The van der Waals surface area contributed by atoms with Crippen LogP contribution in [0.2, 0.25) is 0 Å². The topological polar surface area (TPSA) is 105 Å². The summed E-state index contributed by atoms with van der Waals surface area (Å²) in [6.07, 6.45) is -2.52. The summed E-state index contributed by atoms with van der Waals surface area (Å²) < 4.78 is 18.8. The summed E-state index contributed by atoms with van der Waals surface area (Å²) in [5, 5.41) is 10.6. The molecule has 1 saturated heterocycles. The van der Waals surface area contributed by atoms with Crippen LogP contribution in [0.15, 0.2) is 18.2 Å². The van der Waals surface area contributed by atoms with Gasteiger partial charge in [0, 0.05) is 5.56 Å². The highest BCUT2D eigenvalue weighted by Gasteiger charge is 2.32. The van der Waals surface area contributed by atoms with Gasteiger partial charge in [0.2, 0.25) is 0 Å². The van der Waals surface area contributed by atoms with Gasteiger partial charge in [-0.3, -0.25) is 4.90 Å². The minimum Gasteiger partial charge on any atom is -0.465 e. The molecule has 1 fully saturated rings. The molecule has 0 aromatic heterocycles. The molecule has 21 heavy (non-hydrogen) atoms. The zero-order valence-electron chi connectivity index (χ0n) is 10.7. The van der Waals surface area contributed by atoms with Crippen LogP contribution in [-0.4, -0.2) is 41.5 Å². The largest absolute Gasteiger partial charge is 0.465 e. The zero-order chi connectivity index (χ0) is 15.6. The molecule has 7 nitrogen and oxygen atoms in total. The molecule has 1 aliphatic rings. The van der Waals surface area contributed by atoms with Gasteiger partial charge in [-0.2, -0.15) is 0 Å². The molecule has 1 aromatic rings. The van der Waals surface area contributed by atoms with Gasteiger partial charge >= 0.3 is 12.2 Å². The van der Waals surface area contributed by atoms with E-state index >= 15 is 0 Å². The van der Waals surface area contributed by atoms with Crippen LogP contribution < -0.4 is 16.0 Å². The Bertz CT molecular complexity index is 610. The zero-order valence-corrected chi connectivity index (χ0v) is 11.5. The average molecular weight is 313 g/mol. The van der Waals surface area contributed by atoms with E-state index in [0.29, 0.717) is 0 Å². The molecule has 0 spiro atoms. The third-order valence-electron chi connectivity index (χ3n) is 2.88. The molecule has 0 bridgehead atoms. The minimum atomic E-state index is -1.21. The number of halogens is 1. The molecular weight excluding hydrogens is 301 g/mol. The Hall–Kier alpha value is -2.42.